The number of benzene rings is 2. The van der Waals surface area contributed by atoms with E-state index in [4.69, 9.17) is 0 Å². The molecule has 0 heterocycles. The van der Waals surface area contributed by atoms with E-state index in [9.17, 15) is 9.59 Å². The van der Waals surface area contributed by atoms with E-state index in [1.807, 2.05) is 63.2 Å². The van der Waals surface area contributed by atoms with Crippen LogP contribution in [0.25, 0.3) is 0 Å². The summed E-state index contributed by atoms with van der Waals surface area (Å²) in [5, 5.41) is 3.00. The summed E-state index contributed by atoms with van der Waals surface area (Å²) in [5.41, 5.74) is 2.25. The Morgan fingerprint density at radius 2 is 1.77 bits per heavy atom. The number of amides is 2. The van der Waals surface area contributed by atoms with E-state index < -0.39 is 6.04 Å². The van der Waals surface area contributed by atoms with Gasteiger partial charge in [-0.15, -0.1) is 0 Å². The Kier molecular flexibility index (Phi) is 10.4. The first-order valence-corrected chi connectivity index (χ1v) is 12.3. The van der Waals surface area contributed by atoms with E-state index in [0.29, 0.717) is 13.0 Å². The van der Waals surface area contributed by atoms with Gasteiger partial charge in [-0.1, -0.05) is 65.3 Å². The summed E-state index contributed by atoms with van der Waals surface area (Å²) in [6, 6.07) is 17.7. The van der Waals surface area contributed by atoms with Crippen molar-refractivity contribution < 1.29 is 9.59 Å². The Balaban J connectivity index is 2.01. The van der Waals surface area contributed by atoms with Crippen LogP contribution in [0.4, 0.5) is 0 Å². The van der Waals surface area contributed by atoms with E-state index in [1.54, 1.807) is 16.7 Å². The summed E-state index contributed by atoms with van der Waals surface area (Å²) < 4.78 is 0.961. The minimum Gasteiger partial charge on any atom is -0.352 e. The van der Waals surface area contributed by atoms with Gasteiger partial charge in [0.15, 0.2) is 0 Å². The van der Waals surface area contributed by atoms with Gasteiger partial charge in [-0.25, -0.2) is 0 Å². The fraction of sp³-hybridized carbons (Fsp3) is 0.417. The highest BCUT2D eigenvalue weighted by molar-refractivity contribution is 9.10. The zero-order valence-electron chi connectivity index (χ0n) is 17.9. The first-order valence-electron chi connectivity index (χ1n) is 10.4. The molecule has 2 amide bonds. The first kappa shape index (κ1) is 24.5. The number of carbonyl (C=O) groups is 2. The van der Waals surface area contributed by atoms with Crippen LogP contribution in [0.2, 0.25) is 0 Å². The average molecular weight is 491 g/mol. The van der Waals surface area contributed by atoms with Gasteiger partial charge in [0.2, 0.25) is 11.8 Å². The van der Waals surface area contributed by atoms with Crippen LogP contribution < -0.4 is 5.32 Å². The van der Waals surface area contributed by atoms with E-state index in [-0.39, 0.29) is 17.9 Å². The standard InChI is InChI=1S/C24H31BrN2O2S/c1-4-18(2)26-24(29)19(3)27(16-21-11-8-12-22(25)15-21)23(28)13-14-30-17-20-9-6-5-7-10-20/h5-12,15,18-19H,4,13-14,16-17H2,1-3H3,(H,26,29)/t18-,19+/m0/s1. The number of carbonyl (C=O) groups excluding carboxylic acids is 2. The lowest BCUT2D eigenvalue weighted by molar-refractivity contribution is -0.140. The molecule has 6 heteroatoms. The number of hydrogen-bond acceptors (Lipinski definition) is 3. The van der Waals surface area contributed by atoms with Gasteiger partial charge in [0.05, 0.1) is 0 Å². The Morgan fingerprint density at radius 3 is 2.43 bits per heavy atom. The second kappa shape index (κ2) is 12.8. The van der Waals surface area contributed by atoms with Gasteiger partial charge >= 0.3 is 0 Å². The minimum absolute atomic E-state index is 0.00217. The Morgan fingerprint density at radius 1 is 1.07 bits per heavy atom. The van der Waals surface area contributed by atoms with Crippen molar-refractivity contribution in [3.63, 3.8) is 0 Å². The normalized spacial score (nSPS) is 12.8. The first-order chi connectivity index (χ1) is 14.4. The van der Waals surface area contributed by atoms with Gasteiger partial charge in [-0.3, -0.25) is 9.59 Å². The van der Waals surface area contributed by atoms with E-state index in [2.05, 4.69) is 33.4 Å². The van der Waals surface area contributed by atoms with Gasteiger partial charge in [0.1, 0.15) is 6.04 Å². The molecular formula is C24H31BrN2O2S. The summed E-state index contributed by atoms with van der Waals surface area (Å²) in [6.45, 7) is 6.23. The van der Waals surface area contributed by atoms with Crippen LogP contribution in [-0.4, -0.2) is 34.6 Å². The molecule has 2 aromatic carbocycles. The number of nitrogens with zero attached hydrogens (tertiary/aromatic N) is 1. The zero-order valence-corrected chi connectivity index (χ0v) is 20.3. The van der Waals surface area contributed by atoms with Gasteiger partial charge < -0.3 is 10.2 Å². The number of nitrogens with one attached hydrogen (secondary N) is 1. The number of hydrogen-bond donors (Lipinski definition) is 1. The quantitative estimate of drug-likeness (QED) is 0.428. The lowest BCUT2D eigenvalue weighted by Crippen LogP contribution is -2.49. The van der Waals surface area contributed by atoms with E-state index in [1.165, 1.54) is 5.56 Å². The predicted molar refractivity (Wildman–Crippen MR) is 129 cm³/mol. The van der Waals surface area contributed by atoms with Crippen LogP contribution in [0.3, 0.4) is 0 Å². The Labute approximate surface area is 192 Å². The van der Waals surface area contributed by atoms with Gasteiger partial charge in [0.25, 0.3) is 0 Å². The smallest absolute Gasteiger partial charge is 0.242 e. The minimum atomic E-state index is -0.524. The molecule has 0 bridgehead atoms. The summed E-state index contributed by atoms with van der Waals surface area (Å²) in [6.07, 6.45) is 1.26. The largest absolute Gasteiger partial charge is 0.352 e. The topological polar surface area (TPSA) is 49.4 Å². The number of thioether (sulfide) groups is 1. The summed E-state index contributed by atoms with van der Waals surface area (Å²) in [7, 11) is 0. The lowest BCUT2D eigenvalue weighted by Gasteiger charge is -2.29. The third kappa shape index (κ3) is 8.15. The Hall–Kier alpha value is -1.79. The van der Waals surface area contributed by atoms with Crippen molar-refractivity contribution in [2.24, 2.45) is 0 Å². The Bertz CT molecular complexity index is 816. The molecule has 0 spiro atoms. The molecule has 0 saturated heterocycles. The van der Waals surface area contributed by atoms with Crippen molar-refractivity contribution in [1.29, 1.82) is 0 Å². The molecule has 0 radical (unpaired) electrons. The van der Waals surface area contributed by atoms with Crippen LogP contribution in [0.5, 0.6) is 0 Å². The predicted octanol–water partition coefficient (Wildman–Crippen LogP) is 5.40. The van der Waals surface area contributed by atoms with Crippen molar-refractivity contribution in [3.05, 3.63) is 70.2 Å². The molecule has 1 N–H and O–H groups in total. The highest BCUT2D eigenvalue weighted by Gasteiger charge is 2.26. The fourth-order valence-corrected chi connectivity index (χ4v) is 4.29. The highest BCUT2D eigenvalue weighted by atomic mass is 79.9. The van der Waals surface area contributed by atoms with Crippen LogP contribution in [-0.2, 0) is 21.9 Å². The summed E-state index contributed by atoms with van der Waals surface area (Å²) in [5.74, 6) is 1.50. The van der Waals surface area contributed by atoms with Gasteiger partial charge in [0, 0.05) is 35.0 Å². The maximum absolute atomic E-state index is 13.1. The highest BCUT2D eigenvalue weighted by Crippen LogP contribution is 2.18. The molecule has 0 fully saturated rings. The second-order valence-corrected chi connectivity index (χ2v) is 9.45. The number of halogens is 1. The molecule has 2 rings (SSSR count). The molecule has 0 aliphatic heterocycles. The van der Waals surface area contributed by atoms with Crippen LogP contribution in [0.15, 0.2) is 59.1 Å². The maximum Gasteiger partial charge on any atom is 0.242 e. The van der Waals surface area contributed by atoms with Crippen molar-refractivity contribution in [2.45, 2.75) is 58.0 Å². The van der Waals surface area contributed by atoms with Crippen molar-refractivity contribution in [2.75, 3.05) is 5.75 Å². The van der Waals surface area contributed by atoms with E-state index >= 15 is 0 Å². The van der Waals surface area contributed by atoms with Gasteiger partial charge in [-0.05, 0) is 43.5 Å². The maximum atomic E-state index is 13.1. The van der Waals surface area contributed by atoms with Gasteiger partial charge in [-0.2, -0.15) is 11.8 Å². The van der Waals surface area contributed by atoms with Crippen molar-refractivity contribution in [1.82, 2.24) is 10.2 Å². The summed E-state index contributed by atoms with van der Waals surface area (Å²) >= 11 is 5.22. The molecule has 0 unspecified atom stereocenters. The fourth-order valence-electron chi connectivity index (χ4n) is 2.95. The molecule has 2 atom stereocenters. The second-order valence-electron chi connectivity index (χ2n) is 7.43. The monoisotopic (exact) mass is 490 g/mol. The van der Waals surface area contributed by atoms with E-state index in [0.717, 1.165) is 28.0 Å². The molecule has 30 heavy (non-hydrogen) atoms. The average Bonchev–Trinajstić information content (AvgIpc) is 2.75. The van der Waals surface area contributed by atoms with Crippen molar-refractivity contribution in [3.8, 4) is 0 Å². The number of rotatable bonds is 11. The third-order valence-electron chi connectivity index (χ3n) is 4.98. The SMILES string of the molecule is CC[C@H](C)NC(=O)[C@@H](C)N(Cc1cccc(Br)c1)C(=O)CCSCc1ccccc1. The summed E-state index contributed by atoms with van der Waals surface area (Å²) in [4.78, 5) is 27.5. The molecule has 0 aliphatic carbocycles. The van der Waals surface area contributed by atoms with Crippen LogP contribution in [0, 0.1) is 0 Å². The molecular weight excluding hydrogens is 460 g/mol. The molecule has 2 aromatic rings. The van der Waals surface area contributed by atoms with Crippen molar-refractivity contribution >= 4 is 39.5 Å². The molecule has 0 aliphatic rings. The van der Waals surface area contributed by atoms with Crippen LogP contribution in [0.1, 0.15) is 44.7 Å². The molecule has 4 nitrogen and oxygen atoms in total. The molecule has 0 saturated carbocycles. The third-order valence-corrected chi connectivity index (χ3v) is 6.51. The zero-order chi connectivity index (χ0) is 21.9. The van der Waals surface area contributed by atoms with Crippen LogP contribution >= 0.6 is 27.7 Å². The lowest BCUT2D eigenvalue weighted by atomic mass is 10.1. The molecule has 162 valence electrons. The molecule has 0 aromatic heterocycles.